The van der Waals surface area contributed by atoms with Gasteiger partial charge >= 0.3 is 0 Å². The van der Waals surface area contributed by atoms with Crippen LogP contribution in [0.1, 0.15) is 38.2 Å². The Hall–Kier alpha value is -1.60. The highest BCUT2D eigenvalue weighted by atomic mass is 35.5. The summed E-state index contributed by atoms with van der Waals surface area (Å²) in [6.07, 6.45) is 7.82. The first-order valence-electron chi connectivity index (χ1n) is 6.44. The zero-order valence-electron chi connectivity index (χ0n) is 11.4. The molecule has 5 heteroatoms. The van der Waals surface area contributed by atoms with Crippen LogP contribution >= 0.6 is 11.6 Å². The molecule has 0 saturated carbocycles. The molecule has 0 aliphatic carbocycles. The molecule has 0 radical (unpaired) electrons. The second-order valence-electron chi connectivity index (χ2n) is 4.43. The molecule has 0 N–H and O–H groups in total. The van der Waals surface area contributed by atoms with Gasteiger partial charge in [0.2, 0.25) is 6.19 Å². The highest BCUT2D eigenvalue weighted by Gasteiger charge is 2.07. The molecule has 0 atom stereocenters. The molecule has 1 aromatic rings. The molecule has 0 aliphatic heterocycles. The Morgan fingerprint density at radius 2 is 2.26 bits per heavy atom. The molecular formula is C14H19ClN4. The summed E-state index contributed by atoms with van der Waals surface area (Å²) in [7, 11) is 1.94. The zero-order chi connectivity index (χ0) is 14.1. The summed E-state index contributed by atoms with van der Waals surface area (Å²) in [4.78, 5) is 9.95. The van der Waals surface area contributed by atoms with Crippen LogP contribution in [-0.2, 0) is 6.54 Å². The Balaban J connectivity index is 2.62. The molecule has 0 fully saturated rings. The second-order valence-corrected chi connectivity index (χ2v) is 4.82. The van der Waals surface area contributed by atoms with Gasteiger partial charge in [-0.15, -0.1) is 0 Å². The van der Waals surface area contributed by atoms with Crippen molar-refractivity contribution in [1.29, 1.82) is 5.26 Å². The van der Waals surface area contributed by atoms with E-state index in [-0.39, 0.29) is 0 Å². The van der Waals surface area contributed by atoms with Crippen molar-refractivity contribution in [2.24, 2.45) is 4.99 Å². The summed E-state index contributed by atoms with van der Waals surface area (Å²) >= 11 is 5.75. The Morgan fingerprint density at radius 3 is 2.84 bits per heavy atom. The maximum absolute atomic E-state index is 8.75. The van der Waals surface area contributed by atoms with E-state index in [0.717, 1.165) is 37.1 Å². The number of aromatic nitrogens is 1. The predicted octanol–water partition coefficient (Wildman–Crippen LogP) is 3.63. The van der Waals surface area contributed by atoms with Gasteiger partial charge in [0.15, 0.2) is 0 Å². The third-order valence-electron chi connectivity index (χ3n) is 2.83. The van der Waals surface area contributed by atoms with Crippen molar-refractivity contribution >= 4 is 17.4 Å². The van der Waals surface area contributed by atoms with Crippen LogP contribution in [0.2, 0.25) is 5.15 Å². The van der Waals surface area contributed by atoms with Gasteiger partial charge in [-0.3, -0.25) is 0 Å². The molecule has 0 saturated heterocycles. The molecule has 1 heterocycles. The van der Waals surface area contributed by atoms with Gasteiger partial charge in [-0.1, -0.05) is 37.4 Å². The highest BCUT2D eigenvalue weighted by Crippen LogP contribution is 2.10. The lowest BCUT2D eigenvalue weighted by atomic mass is 10.2. The van der Waals surface area contributed by atoms with Crippen molar-refractivity contribution in [2.45, 2.75) is 39.2 Å². The number of aliphatic imine (C=N–C) groups is 1. The highest BCUT2D eigenvalue weighted by molar-refractivity contribution is 6.29. The lowest BCUT2D eigenvalue weighted by Crippen LogP contribution is -2.26. The average molecular weight is 279 g/mol. The fourth-order valence-corrected chi connectivity index (χ4v) is 1.90. The lowest BCUT2D eigenvalue weighted by molar-refractivity contribution is 0.483. The minimum atomic E-state index is 0.486. The Labute approximate surface area is 119 Å². The van der Waals surface area contributed by atoms with E-state index in [1.54, 1.807) is 12.3 Å². The predicted molar refractivity (Wildman–Crippen MR) is 77.9 cm³/mol. The maximum atomic E-state index is 8.75. The number of pyridine rings is 1. The topological polar surface area (TPSA) is 52.3 Å². The number of unbranched alkanes of at least 4 members (excludes halogenated alkanes) is 2. The fraction of sp³-hybridized carbons (Fsp3) is 0.500. The molecule has 1 rings (SSSR count). The second kappa shape index (κ2) is 8.49. The SMILES string of the molecule is CCCCCC(=NC#N)N(C)Cc1ccc(Cl)nc1. The number of hydrogen-bond donors (Lipinski definition) is 0. The number of nitrogens with zero attached hydrogens (tertiary/aromatic N) is 4. The summed E-state index contributed by atoms with van der Waals surface area (Å²) < 4.78 is 0. The van der Waals surface area contributed by atoms with Crippen LogP contribution in [0.3, 0.4) is 0 Å². The van der Waals surface area contributed by atoms with E-state index in [1.807, 2.05) is 24.2 Å². The van der Waals surface area contributed by atoms with Gasteiger partial charge in [-0.2, -0.15) is 10.3 Å². The van der Waals surface area contributed by atoms with E-state index in [0.29, 0.717) is 11.7 Å². The smallest absolute Gasteiger partial charge is 0.207 e. The van der Waals surface area contributed by atoms with E-state index in [9.17, 15) is 0 Å². The van der Waals surface area contributed by atoms with Crippen molar-refractivity contribution in [1.82, 2.24) is 9.88 Å². The van der Waals surface area contributed by atoms with Gasteiger partial charge in [0, 0.05) is 26.2 Å². The van der Waals surface area contributed by atoms with Gasteiger partial charge in [-0.05, 0) is 18.1 Å². The Morgan fingerprint density at radius 1 is 1.47 bits per heavy atom. The molecular weight excluding hydrogens is 260 g/mol. The Kier molecular flexibility index (Phi) is 6.91. The number of nitriles is 1. The van der Waals surface area contributed by atoms with Crippen LogP contribution in [0.4, 0.5) is 0 Å². The van der Waals surface area contributed by atoms with Gasteiger partial charge in [0.25, 0.3) is 0 Å². The largest absolute Gasteiger partial charge is 0.358 e. The van der Waals surface area contributed by atoms with Gasteiger partial charge in [0.1, 0.15) is 11.0 Å². The normalized spacial score (nSPS) is 11.2. The average Bonchev–Trinajstić information content (AvgIpc) is 2.40. The molecule has 0 aromatic carbocycles. The van der Waals surface area contributed by atoms with Gasteiger partial charge < -0.3 is 4.90 Å². The van der Waals surface area contributed by atoms with E-state index in [4.69, 9.17) is 16.9 Å². The maximum Gasteiger partial charge on any atom is 0.207 e. The van der Waals surface area contributed by atoms with Crippen molar-refractivity contribution in [3.63, 3.8) is 0 Å². The zero-order valence-corrected chi connectivity index (χ0v) is 12.2. The minimum Gasteiger partial charge on any atom is -0.358 e. The monoisotopic (exact) mass is 278 g/mol. The van der Waals surface area contributed by atoms with E-state index >= 15 is 0 Å². The van der Waals surface area contributed by atoms with Crippen LogP contribution in [0.5, 0.6) is 0 Å². The minimum absolute atomic E-state index is 0.486. The van der Waals surface area contributed by atoms with Crippen molar-refractivity contribution in [3.8, 4) is 6.19 Å². The number of amidine groups is 1. The van der Waals surface area contributed by atoms with Crippen LogP contribution in [0.15, 0.2) is 23.3 Å². The summed E-state index contributed by atoms with van der Waals surface area (Å²) in [5.41, 5.74) is 1.05. The summed E-state index contributed by atoms with van der Waals surface area (Å²) in [5.74, 6) is 0.825. The summed E-state index contributed by atoms with van der Waals surface area (Å²) in [6.45, 7) is 2.83. The first-order valence-corrected chi connectivity index (χ1v) is 6.82. The third kappa shape index (κ3) is 5.71. The van der Waals surface area contributed by atoms with Crippen LogP contribution in [-0.4, -0.2) is 22.8 Å². The molecule has 19 heavy (non-hydrogen) atoms. The molecule has 0 spiro atoms. The van der Waals surface area contributed by atoms with Crippen LogP contribution < -0.4 is 0 Å². The molecule has 4 nitrogen and oxygen atoms in total. The van der Waals surface area contributed by atoms with Crippen LogP contribution in [0, 0.1) is 11.5 Å². The summed E-state index contributed by atoms with van der Waals surface area (Å²) in [6, 6.07) is 3.70. The van der Waals surface area contributed by atoms with E-state index in [2.05, 4.69) is 16.9 Å². The molecule has 0 unspecified atom stereocenters. The van der Waals surface area contributed by atoms with Crippen molar-refractivity contribution in [3.05, 3.63) is 29.0 Å². The van der Waals surface area contributed by atoms with E-state index < -0.39 is 0 Å². The first kappa shape index (κ1) is 15.5. The number of rotatable bonds is 6. The Bertz CT molecular complexity index is 448. The standard InChI is InChI=1S/C14H19ClN4/c1-3-4-5-6-14(18-11-16)19(2)10-12-7-8-13(15)17-9-12/h7-9H,3-6,10H2,1-2H3. The van der Waals surface area contributed by atoms with E-state index in [1.165, 1.54) is 0 Å². The molecule has 0 bridgehead atoms. The van der Waals surface area contributed by atoms with Crippen molar-refractivity contribution in [2.75, 3.05) is 7.05 Å². The third-order valence-corrected chi connectivity index (χ3v) is 3.06. The van der Waals surface area contributed by atoms with Crippen LogP contribution in [0.25, 0.3) is 0 Å². The van der Waals surface area contributed by atoms with Gasteiger partial charge in [-0.25, -0.2) is 4.98 Å². The first-order chi connectivity index (χ1) is 9.17. The number of hydrogen-bond acceptors (Lipinski definition) is 3. The quantitative estimate of drug-likeness (QED) is 0.262. The van der Waals surface area contributed by atoms with Gasteiger partial charge in [0.05, 0.1) is 0 Å². The molecule has 102 valence electrons. The lowest BCUT2D eigenvalue weighted by Gasteiger charge is -2.20. The molecule has 0 amide bonds. The number of halogens is 1. The summed E-state index contributed by atoms with van der Waals surface area (Å²) in [5, 5.41) is 9.24. The molecule has 1 aromatic heterocycles. The molecule has 0 aliphatic rings. The fourth-order valence-electron chi connectivity index (χ4n) is 1.79. The van der Waals surface area contributed by atoms with Crippen molar-refractivity contribution < 1.29 is 0 Å².